The molecule has 8 heteroatoms. The number of piperidine rings is 1. The third kappa shape index (κ3) is 8.00. The molecule has 2 aromatic heterocycles. The van der Waals surface area contributed by atoms with Gasteiger partial charge in [-0.05, 0) is 76.3 Å². The number of likely N-dealkylation sites (tertiary alicyclic amines) is 1. The second-order valence-electron chi connectivity index (χ2n) is 11.9. The molecule has 0 radical (unpaired) electrons. The normalized spacial score (nSPS) is 14.8. The molecule has 1 saturated heterocycles. The van der Waals surface area contributed by atoms with Crippen LogP contribution in [0.25, 0.3) is 5.65 Å². The van der Waals surface area contributed by atoms with Gasteiger partial charge in [-0.1, -0.05) is 67.1 Å². The van der Waals surface area contributed by atoms with Crippen LogP contribution in [0.4, 0.5) is 5.82 Å². The van der Waals surface area contributed by atoms with Gasteiger partial charge >= 0.3 is 5.97 Å². The Labute approximate surface area is 255 Å². The molecule has 228 valence electrons. The molecule has 0 aliphatic carbocycles. The number of carbonyl (C=O) groups excluding carboxylic acids is 1. The molecule has 0 spiro atoms. The fraction of sp³-hybridized carbons (Fsp3) is 0.457. The molecule has 5 rings (SSSR count). The zero-order valence-electron chi connectivity index (χ0n) is 25.7. The number of nitrogens with one attached hydrogen (secondary N) is 1. The molecule has 0 atom stereocenters. The van der Waals surface area contributed by atoms with Crippen LogP contribution >= 0.6 is 0 Å². The van der Waals surface area contributed by atoms with Crippen molar-refractivity contribution in [1.82, 2.24) is 19.5 Å². The van der Waals surface area contributed by atoms with Crippen molar-refractivity contribution in [2.45, 2.75) is 70.5 Å². The van der Waals surface area contributed by atoms with E-state index in [0.29, 0.717) is 17.9 Å². The van der Waals surface area contributed by atoms with Gasteiger partial charge < -0.3 is 19.7 Å². The maximum absolute atomic E-state index is 12.4. The second kappa shape index (κ2) is 14.6. The largest absolute Gasteiger partial charge is 0.465 e. The number of esters is 1. The zero-order chi connectivity index (χ0) is 30.1. The highest BCUT2D eigenvalue weighted by Crippen LogP contribution is 2.30. The topological polar surface area (TPSA) is 81.0 Å². The number of hydrogen-bond acceptors (Lipinski definition) is 7. The number of anilines is 1. The Bertz CT molecular complexity index is 1390. The molecule has 1 fully saturated rings. The first-order valence-electron chi connectivity index (χ1n) is 15.7. The number of nitrogens with zero attached hydrogens (tertiary/aromatic N) is 4. The van der Waals surface area contributed by atoms with Gasteiger partial charge in [0.1, 0.15) is 17.3 Å². The van der Waals surface area contributed by atoms with E-state index >= 15 is 0 Å². The molecule has 3 heterocycles. The highest BCUT2D eigenvalue weighted by atomic mass is 16.5. The van der Waals surface area contributed by atoms with Gasteiger partial charge in [0.05, 0.1) is 24.6 Å². The van der Waals surface area contributed by atoms with E-state index in [1.165, 1.54) is 24.0 Å². The lowest BCUT2D eigenvalue weighted by molar-refractivity contribution is -0.148. The molecule has 0 unspecified atom stereocenters. The van der Waals surface area contributed by atoms with Crippen molar-refractivity contribution in [1.29, 1.82) is 0 Å². The first kappa shape index (κ1) is 30.7. The summed E-state index contributed by atoms with van der Waals surface area (Å²) in [5.74, 6) is 0.519. The van der Waals surface area contributed by atoms with E-state index < -0.39 is 5.41 Å². The van der Waals surface area contributed by atoms with Crippen molar-refractivity contribution < 1.29 is 14.3 Å². The Morgan fingerprint density at radius 1 is 0.953 bits per heavy atom. The van der Waals surface area contributed by atoms with Crippen molar-refractivity contribution in [3.8, 4) is 0 Å². The number of imidazole rings is 1. The number of hydrogen-bond donors (Lipinski definition) is 1. The highest BCUT2D eigenvalue weighted by Gasteiger charge is 2.34. The third-order valence-electron chi connectivity index (χ3n) is 8.27. The number of rotatable bonds is 14. The van der Waals surface area contributed by atoms with Gasteiger partial charge in [-0.3, -0.25) is 4.79 Å². The predicted molar refractivity (Wildman–Crippen MR) is 170 cm³/mol. The summed E-state index contributed by atoms with van der Waals surface area (Å²) in [6.45, 7) is 9.98. The minimum Gasteiger partial charge on any atom is -0.465 e. The smallest absolute Gasteiger partial charge is 0.317 e. The molecule has 1 aliphatic heterocycles. The van der Waals surface area contributed by atoms with Gasteiger partial charge in [0.15, 0.2) is 5.65 Å². The first-order valence-corrected chi connectivity index (χ1v) is 15.7. The van der Waals surface area contributed by atoms with Crippen molar-refractivity contribution in [3.05, 3.63) is 95.8 Å². The minimum absolute atomic E-state index is 0.0195. The molecule has 0 bridgehead atoms. The van der Waals surface area contributed by atoms with Gasteiger partial charge in [0, 0.05) is 19.6 Å². The maximum atomic E-state index is 12.4. The molecule has 1 aliphatic rings. The molecular formula is C35H45N5O3. The average molecular weight is 584 g/mol. The molecule has 2 aromatic carbocycles. The molecule has 4 aromatic rings. The summed E-state index contributed by atoms with van der Waals surface area (Å²) >= 11 is 0. The summed E-state index contributed by atoms with van der Waals surface area (Å²) < 4.78 is 13.7. The summed E-state index contributed by atoms with van der Waals surface area (Å²) in [4.78, 5) is 19.6. The van der Waals surface area contributed by atoms with Crippen LogP contribution in [0, 0.1) is 0 Å². The van der Waals surface area contributed by atoms with Gasteiger partial charge in [-0.25, -0.2) is 9.50 Å². The molecule has 43 heavy (non-hydrogen) atoms. The minimum atomic E-state index is -0.827. The Balaban J connectivity index is 1.01. The quantitative estimate of drug-likeness (QED) is 0.135. The van der Waals surface area contributed by atoms with Gasteiger partial charge in [0.25, 0.3) is 0 Å². The summed E-state index contributed by atoms with van der Waals surface area (Å²) in [6.07, 6.45) is 7.64. The maximum Gasteiger partial charge on any atom is 0.317 e. The van der Waals surface area contributed by atoms with E-state index in [1.807, 2.05) is 39.1 Å². The van der Waals surface area contributed by atoms with Crippen LogP contribution in [0.3, 0.4) is 0 Å². The van der Waals surface area contributed by atoms with Crippen LogP contribution in [-0.4, -0.2) is 64.4 Å². The number of carbonyl (C=O) groups is 1. The van der Waals surface area contributed by atoms with Gasteiger partial charge in [0.2, 0.25) is 0 Å². The summed E-state index contributed by atoms with van der Waals surface area (Å²) in [6, 6.07) is 25.0. The zero-order valence-corrected chi connectivity index (χ0v) is 25.7. The lowest BCUT2D eigenvalue weighted by Crippen LogP contribution is -2.38. The second-order valence-corrected chi connectivity index (χ2v) is 11.9. The van der Waals surface area contributed by atoms with Crippen LogP contribution in [0.5, 0.6) is 0 Å². The lowest BCUT2D eigenvalue weighted by Gasteiger charge is -2.34. The number of aromatic nitrogens is 3. The van der Waals surface area contributed by atoms with E-state index in [9.17, 15) is 4.79 Å². The molecule has 1 N–H and O–H groups in total. The first-order chi connectivity index (χ1) is 20.9. The molecule has 8 nitrogen and oxygen atoms in total. The standard InChI is InChI=1S/C35H45N5O3/c1-4-42-34(41)35(2,3)30-26-40-32(37-30)19-18-31(38-40)36-22-12-7-13-23-39-24-20-29(21-25-39)43-33(27-14-8-5-9-15-27)28-16-10-6-11-17-28/h5-6,8-11,14-19,26,29,33H,4,7,12-13,20-25H2,1-3H3,(H,36,38). The van der Waals surface area contributed by atoms with Crippen molar-refractivity contribution in [2.24, 2.45) is 0 Å². The van der Waals surface area contributed by atoms with E-state index in [4.69, 9.17) is 9.47 Å². The Kier molecular flexibility index (Phi) is 10.4. The summed E-state index contributed by atoms with van der Waals surface area (Å²) in [7, 11) is 0. The van der Waals surface area contributed by atoms with Crippen molar-refractivity contribution >= 4 is 17.4 Å². The Morgan fingerprint density at radius 2 is 1.63 bits per heavy atom. The van der Waals surface area contributed by atoms with Crippen molar-refractivity contribution in [3.63, 3.8) is 0 Å². The van der Waals surface area contributed by atoms with Gasteiger partial charge in [-0.2, -0.15) is 0 Å². The predicted octanol–water partition coefficient (Wildman–Crippen LogP) is 6.42. The number of unbranched alkanes of at least 4 members (excludes halogenated alkanes) is 2. The van der Waals surface area contributed by atoms with Crippen LogP contribution in [0.2, 0.25) is 0 Å². The third-order valence-corrected chi connectivity index (χ3v) is 8.27. The fourth-order valence-corrected chi connectivity index (χ4v) is 5.61. The van der Waals surface area contributed by atoms with Crippen LogP contribution in [-0.2, 0) is 19.7 Å². The van der Waals surface area contributed by atoms with Crippen LogP contribution in [0.15, 0.2) is 79.0 Å². The average Bonchev–Trinajstić information content (AvgIpc) is 3.48. The Hall–Kier alpha value is -3.75. The van der Waals surface area contributed by atoms with E-state index in [2.05, 4.69) is 81.0 Å². The lowest BCUT2D eigenvalue weighted by atomic mass is 9.90. The van der Waals surface area contributed by atoms with E-state index in [0.717, 1.165) is 51.3 Å². The number of ether oxygens (including phenoxy) is 2. The van der Waals surface area contributed by atoms with Crippen molar-refractivity contribution in [2.75, 3.05) is 38.1 Å². The fourth-order valence-electron chi connectivity index (χ4n) is 5.61. The van der Waals surface area contributed by atoms with E-state index in [1.54, 1.807) is 4.52 Å². The molecule has 0 saturated carbocycles. The summed E-state index contributed by atoms with van der Waals surface area (Å²) in [5.41, 5.74) is 2.97. The van der Waals surface area contributed by atoms with Gasteiger partial charge in [-0.15, -0.1) is 5.10 Å². The SMILES string of the molecule is CCOC(=O)C(C)(C)c1cn2nc(NCCCCCN3CCC(OC(c4ccccc4)c4ccccc4)CC3)ccc2n1. The molecule has 0 amide bonds. The number of fused-ring (bicyclic) bond motifs is 1. The van der Waals surface area contributed by atoms with Crippen LogP contribution < -0.4 is 5.32 Å². The monoisotopic (exact) mass is 583 g/mol. The molecular weight excluding hydrogens is 538 g/mol. The highest BCUT2D eigenvalue weighted by molar-refractivity contribution is 5.81. The van der Waals surface area contributed by atoms with E-state index in [-0.39, 0.29) is 18.2 Å². The van der Waals surface area contributed by atoms with Crippen LogP contribution in [0.1, 0.15) is 75.8 Å². The summed E-state index contributed by atoms with van der Waals surface area (Å²) in [5, 5.41) is 8.08. The number of benzene rings is 2. The Morgan fingerprint density at radius 3 is 2.28 bits per heavy atom.